The van der Waals surface area contributed by atoms with E-state index in [1.54, 1.807) is 39.0 Å². The van der Waals surface area contributed by atoms with Gasteiger partial charge in [-0.1, -0.05) is 31.5 Å². The maximum absolute atomic E-state index is 13.8. The molecule has 0 saturated heterocycles. The molecule has 1 aromatic rings. The number of phenolic OH excluding ortho intramolecular Hbond substituents is 1. The van der Waals surface area contributed by atoms with E-state index < -0.39 is 47.9 Å². The second kappa shape index (κ2) is 11.9. The van der Waals surface area contributed by atoms with Crippen LogP contribution in [0.15, 0.2) is 24.3 Å². The number of nitrogens with one attached hydrogen (secondary N) is 2. The Morgan fingerprint density at radius 1 is 1.17 bits per heavy atom. The summed E-state index contributed by atoms with van der Waals surface area (Å²) in [7, 11) is 0. The minimum absolute atomic E-state index is 0.138. The highest BCUT2D eigenvalue weighted by Gasteiger charge is 2.45. The molecule has 1 aromatic carbocycles. The van der Waals surface area contributed by atoms with Crippen LogP contribution in [0.25, 0.3) is 0 Å². The molecule has 194 valence electrons. The summed E-state index contributed by atoms with van der Waals surface area (Å²) in [6, 6.07) is 3.37. The first-order valence-electron chi connectivity index (χ1n) is 12.0. The predicted octanol–water partition coefficient (Wildman–Crippen LogP) is 2.50. The lowest BCUT2D eigenvalue weighted by Gasteiger charge is -2.35. The Morgan fingerprint density at radius 3 is 2.31 bits per heavy atom. The minimum atomic E-state index is -1.34. The Bertz CT molecular complexity index is 925. The Hall–Kier alpha value is -3.30. The topological polar surface area (TPSA) is 151 Å². The maximum atomic E-state index is 13.8. The van der Waals surface area contributed by atoms with E-state index in [9.17, 15) is 24.3 Å². The molecular weight excluding hydrogens is 452 g/mol. The van der Waals surface area contributed by atoms with Crippen molar-refractivity contribution in [1.29, 1.82) is 0 Å². The SMILES string of the molecule is CCCC(C)NC(=O)C(c1ccccc1O)N(C(=O)C(CC(N)=O)NC(=O)OC(C)(C)C)C1CC1. The lowest BCUT2D eigenvalue weighted by Crippen LogP contribution is -2.55. The van der Waals surface area contributed by atoms with E-state index >= 15 is 0 Å². The zero-order valence-corrected chi connectivity index (χ0v) is 21.2. The van der Waals surface area contributed by atoms with Crippen molar-refractivity contribution < 1.29 is 29.0 Å². The summed E-state index contributed by atoms with van der Waals surface area (Å²) in [4.78, 5) is 52.8. The highest BCUT2D eigenvalue weighted by molar-refractivity contribution is 5.95. The molecule has 4 amide bonds. The summed E-state index contributed by atoms with van der Waals surface area (Å²) in [6.07, 6.45) is 1.53. The number of carbonyl (C=O) groups excluding carboxylic acids is 4. The number of primary amides is 1. The monoisotopic (exact) mass is 490 g/mol. The fourth-order valence-electron chi connectivity index (χ4n) is 3.86. The number of aromatic hydroxyl groups is 1. The third-order valence-electron chi connectivity index (χ3n) is 5.46. The van der Waals surface area contributed by atoms with Gasteiger partial charge in [0.1, 0.15) is 23.4 Å². The summed E-state index contributed by atoms with van der Waals surface area (Å²) in [5.74, 6) is -2.04. The standard InChI is InChI=1S/C25H38N4O6/c1-6-9-15(2)27-22(32)21(17-10-7-8-11-19(17)30)29(16-12-13-16)23(33)18(14-20(26)31)28-24(34)35-25(3,4)5/h7-8,10-11,15-16,18,21,30H,6,9,12-14H2,1-5H3,(H2,26,31)(H,27,32)(H,28,34). The first-order valence-corrected chi connectivity index (χ1v) is 12.0. The van der Waals surface area contributed by atoms with Crippen LogP contribution in [0.3, 0.4) is 0 Å². The van der Waals surface area contributed by atoms with Gasteiger partial charge in [0.2, 0.25) is 17.7 Å². The number of ether oxygens (including phenoxy) is 1. The third-order valence-corrected chi connectivity index (χ3v) is 5.46. The minimum Gasteiger partial charge on any atom is -0.508 e. The number of amides is 4. The van der Waals surface area contributed by atoms with Crippen molar-refractivity contribution in [3.05, 3.63) is 29.8 Å². The second-order valence-electron chi connectivity index (χ2n) is 10.0. The molecule has 10 heteroatoms. The maximum Gasteiger partial charge on any atom is 0.408 e. The number of nitrogens with two attached hydrogens (primary N) is 1. The van der Waals surface area contributed by atoms with E-state index in [2.05, 4.69) is 10.6 Å². The molecule has 5 N–H and O–H groups in total. The number of hydrogen-bond acceptors (Lipinski definition) is 6. The fourth-order valence-corrected chi connectivity index (χ4v) is 3.86. The van der Waals surface area contributed by atoms with Gasteiger partial charge in [-0.3, -0.25) is 14.4 Å². The predicted molar refractivity (Wildman–Crippen MR) is 130 cm³/mol. The normalized spacial score (nSPS) is 15.9. The van der Waals surface area contributed by atoms with Crippen molar-refractivity contribution in [3.63, 3.8) is 0 Å². The molecular formula is C25H38N4O6. The first-order chi connectivity index (χ1) is 16.3. The van der Waals surface area contributed by atoms with Gasteiger partial charge in [0.25, 0.3) is 0 Å². The zero-order chi connectivity index (χ0) is 26.3. The highest BCUT2D eigenvalue weighted by Crippen LogP contribution is 2.38. The molecule has 0 heterocycles. The quantitative estimate of drug-likeness (QED) is 0.374. The molecule has 2 rings (SSSR count). The molecule has 3 atom stereocenters. The van der Waals surface area contributed by atoms with Crippen LogP contribution in [0, 0.1) is 0 Å². The van der Waals surface area contributed by atoms with Gasteiger partial charge in [-0.25, -0.2) is 4.79 Å². The van der Waals surface area contributed by atoms with Crippen LogP contribution < -0.4 is 16.4 Å². The number of rotatable bonds is 11. The van der Waals surface area contributed by atoms with Crippen LogP contribution >= 0.6 is 0 Å². The molecule has 10 nitrogen and oxygen atoms in total. The van der Waals surface area contributed by atoms with E-state index in [1.165, 1.54) is 11.0 Å². The largest absolute Gasteiger partial charge is 0.508 e. The summed E-state index contributed by atoms with van der Waals surface area (Å²) in [6.45, 7) is 8.88. The smallest absolute Gasteiger partial charge is 0.408 e. The first kappa shape index (κ1) is 27.9. The second-order valence-corrected chi connectivity index (χ2v) is 10.0. The van der Waals surface area contributed by atoms with Crippen molar-refractivity contribution in [2.24, 2.45) is 5.73 Å². The van der Waals surface area contributed by atoms with Crippen LogP contribution in [0.2, 0.25) is 0 Å². The molecule has 0 spiro atoms. The van der Waals surface area contributed by atoms with Gasteiger partial charge in [-0.15, -0.1) is 0 Å². The molecule has 0 bridgehead atoms. The van der Waals surface area contributed by atoms with Gasteiger partial charge in [-0.2, -0.15) is 0 Å². The lowest BCUT2D eigenvalue weighted by molar-refractivity contribution is -0.144. The molecule has 35 heavy (non-hydrogen) atoms. The van der Waals surface area contributed by atoms with Crippen LogP contribution in [-0.4, -0.2) is 57.5 Å². The number of hydrogen-bond donors (Lipinski definition) is 4. The molecule has 1 aliphatic carbocycles. The van der Waals surface area contributed by atoms with Crippen LogP contribution in [0.1, 0.15) is 78.3 Å². The average Bonchev–Trinajstić information content (AvgIpc) is 3.55. The Morgan fingerprint density at radius 2 is 1.80 bits per heavy atom. The number of alkyl carbamates (subject to hydrolysis) is 1. The Labute approximate surface area is 206 Å². The number of benzene rings is 1. The van der Waals surface area contributed by atoms with Gasteiger partial charge in [0, 0.05) is 17.6 Å². The summed E-state index contributed by atoms with van der Waals surface area (Å²) in [5.41, 5.74) is 4.80. The molecule has 0 aromatic heterocycles. The molecule has 1 fully saturated rings. The number of para-hydroxylation sites is 1. The van der Waals surface area contributed by atoms with Gasteiger partial charge in [0.15, 0.2) is 0 Å². The third kappa shape index (κ3) is 8.45. The Balaban J connectivity index is 2.45. The van der Waals surface area contributed by atoms with Crippen molar-refractivity contribution in [1.82, 2.24) is 15.5 Å². The summed E-state index contributed by atoms with van der Waals surface area (Å²) >= 11 is 0. The van der Waals surface area contributed by atoms with E-state index in [4.69, 9.17) is 10.5 Å². The van der Waals surface area contributed by atoms with E-state index in [0.717, 1.165) is 12.8 Å². The van der Waals surface area contributed by atoms with Crippen LogP contribution in [0.4, 0.5) is 4.79 Å². The number of phenols is 1. The molecule has 1 aliphatic rings. The number of nitrogens with zero attached hydrogens (tertiary/aromatic N) is 1. The van der Waals surface area contributed by atoms with Gasteiger partial charge >= 0.3 is 6.09 Å². The average molecular weight is 491 g/mol. The zero-order valence-electron chi connectivity index (χ0n) is 21.2. The van der Waals surface area contributed by atoms with Crippen LogP contribution in [-0.2, 0) is 19.1 Å². The van der Waals surface area contributed by atoms with E-state index in [-0.39, 0.29) is 23.4 Å². The molecule has 0 aliphatic heterocycles. The highest BCUT2D eigenvalue weighted by atomic mass is 16.6. The summed E-state index contributed by atoms with van der Waals surface area (Å²) in [5, 5.41) is 15.9. The Kier molecular flexibility index (Phi) is 9.50. The van der Waals surface area contributed by atoms with Gasteiger partial charge in [0.05, 0.1) is 6.42 Å². The lowest BCUT2D eigenvalue weighted by atomic mass is 10.00. The van der Waals surface area contributed by atoms with Crippen molar-refractivity contribution in [2.75, 3.05) is 0 Å². The van der Waals surface area contributed by atoms with Crippen LogP contribution in [0.5, 0.6) is 5.75 Å². The molecule has 3 unspecified atom stereocenters. The van der Waals surface area contributed by atoms with E-state index in [1.807, 2.05) is 13.8 Å². The van der Waals surface area contributed by atoms with Crippen molar-refractivity contribution in [2.45, 2.75) is 96.5 Å². The molecule has 1 saturated carbocycles. The van der Waals surface area contributed by atoms with E-state index in [0.29, 0.717) is 12.8 Å². The molecule has 0 radical (unpaired) electrons. The van der Waals surface area contributed by atoms with Gasteiger partial charge < -0.3 is 31.1 Å². The van der Waals surface area contributed by atoms with Gasteiger partial charge in [-0.05, 0) is 53.0 Å². The van der Waals surface area contributed by atoms with Crippen molar-refractivity contribution >= 4 is 23.8 Å². The fraction of sp³-hybridized carbons (Fsp3) is 0.600. The number of carbonyl (C=O) groups is 4. The van der Waals surface area contributed by atoms with Crippen molar-refractivity contribution in [3.8, 4) is 5.75 Å². The summed E-state index contributed by atoms with van der Waals surface area (Å²) < 4.78 is 5.25.